The van der Waals surface area contributed by atoms with E-state index in [9.17, 15) is 14.9 Å². The second-order valence-electron chi connectivity index (χ2n) is 5.14. The van der Waals surface area contributed by atoms with Crippen molar-refractivity contribution in [2.24, 2.45) is 11.1 Å². The van der Waals surface area contributed by atoms with Crippen molar-refractivity contribution in [2.75, 3.05) is 0 Å². The first-order valence-corrected chi connectivity index (χ1v) is 6.29. The lowest BCUT2D eigenvalue weighted by molar-refractivity contribution is -0.135. The van der Waals surface area contributed by atoms with Crippen LogP contribution in [0.2, 0.25) is 0 Å². The van der Waals surface area contributed by atoms with Crippen LogP contribution in [0.25, 0.3) is 0 Å². The van der Waals surface area contributed by atoms with Gasteiger partial charge in [0.1, 0.15) is 11.0 Å². The van der Waals surface area contributed by atoms with Gasteiger partial charge in [0.05, 0.1) is 6.07 Å². The molecule has 5 heteroatoms. The molecule has 0 unspecified atom stereocenters. The van der Waals surface area contributed by atoms with Gasteiger partial charge in [-0.1, -0.05) is 26.7 Å². The number of carbonyl (C=O) groups excluding carboxylic acids is 2. The summed E-state index contributed by atoms with van der Waals surface area (Å²) < 4.78 is 0. The number of hydrogen-bond donors (Lipinski definition) is 2. The molecular weight excluding hydrogens is 230 g/mol. The average Bonchev–Trinajstić information content (AvgIpc) is 2.27. The zero-order chi connectivity index (χ0) is 14.4. The average molecular weight is 253 g/mol. The van der Waals surface area contributed by atoms with E-state index in [4.69, 9.17) is 5.73 Å². The Bertz CT molecular complexity index is 350. The number of rotatable bonds is 7. The van der Waals surface area contributed by atoms with Gasteiger partial charge < -0.3 is 11.1 Å². The van der Waals surface area contributed by atoms with Crippen LogP contribution in [-0.4, -0.2) is 17.4 Å². The highest BCUT2D eigenvalue weighted by Crippen LogP contribution is 2.30. The standard InChI is InChI=1S/C13H23N3O2/c1-5-7-13(9-14,8-6-2)11(18)16-12(3,4)10(15)17/h5-8H2,1-4H3,(H2,15,17)(H,16,18). The van der Waals surface area contributed by atoms with Crippen molar-refractivity contribution in [2.45, 2.75) is 58.9 Å². The summed E-state index contributed by atoms with van der Waals surface area (Å²) in [5.41, 5.74) is 3.02. The summed E-state index contributed by atoms with van der Waals surface area (Å²) >= 11 is 0. The van der Waals surface area contributed by atoms with Crippen molar-refractivity contribution in [1.29, 1.82) is 5.26 Å². The fraction of sp³-hybridized carbons (Fsp3) is 0.769. The highest BCUT2D eigenvalue weighted by atomic mass is 16.2. The summed E-state index contributed by atoms with van der Waals surface area (Å²) in [5.74, 6) is -1.02. The molecule has 0 rings (SSSR count). The minimum absolute atomic E-state index is 0.405. The van der Waals surface area contributed by atoms with Crippen LogP contribution >= 0.6 is 0 Å². The molecule has 0 fully saturated rings. The summed E-state index contributed by atoms with van der Waals surface area (Å²) in [4.78, 5) is 23.5. The molecule has 0 radical (unpaired) electrons. The molecule has 0 aromatic carbocycles. The Balaban J connectivity index is 5.10. The molecule has 0 aliphatic rings. The van der Waals surface area contributed by atoms with Crippen molar-refractivity contribution in [3.63, 3.8) is 0 Å². The van der Waals surface area contributed by atoms with E-state index in [1.165, 1.54) is 13.8 Å². The lowest BCUT2D eigenvalue weighted by Gasteiger charge is -2.30. The Morgan fingerprint density at radius 2 is 1.67 bits per heavy atom. The molecule has 0 saturated heterocycles. The number of nitrogens with zero attached hydrogens (tertiary/aromatic N) is 1. The van der Waals surface area contributed by atoms with Gasteiger partial charge in [0.15, 0.2) is 0 Å². The van der Waals surface area contributed by atoms with Gasteiger partial charge in [-0.15, -0.1) is 0 Å². The second kappa shape index (κ2) is 6.39. The Morgan fingerprint density at radius 1 is 1.22 bits per heavy atom. The van der Waals surface area contributed by atoms with Crippen LogP contribution in [0, 0.1) is 16.7 Å². The van der Waals surface area contributed by atoms with Gasteiger partial charge >= 0.3 is 0 Å². The maximum atomic E-state index is 12.3. The van der Waals surface area contributed by atoms with Crippen molar-refractivity contribution >= 4 is 11.8 Å². The smallest absolute Gasteiger partial charge is 0.242 e. The maximum Gasteiger partial charge on any atom is 0.242 e. The molecule has 0 saturated carbocycles. The third-order valence-electron chi connectivity index (χ3n) is 3.04. The SMILES string of the molecule is CCCC(C#N)(CCC)C(=O)NC(C)(C)C(N)=O. The first-order chi connectivity index (χ1) is 8.25. The van der Waals surface area contributed by atoms with Crippen LogP contribution in [0.15, 0.2) is 0 Å². The van der Waals surface area contributed by atoms with Crippen LogP contribution in [0.1, 0.15) is 53.4 Å². The van der Waals surface area contributed by atoms with Crippen LogP contribution < -0.4 is 11.1 Å². The minimum atomic E-state index is -1.14. The summed E-state index contributed by atoms with van der Waals surface area (Å²) in [7, 11) is 0. The summed E-state index contributed by atoms with van der Waals surface area (Å²) in [5, 5.41) is 11.9. The molecule has 0 aromatic rings. The molecule has 3 N–H and O–H groups in total. The fourth-order valence-corrected chi connectivity index (χ4v) is 1.83. The molecule has 2 amide bonds. The third kappa shape index (κ3) is 3.73. The van der Waals surface area contributed by atoms with E-state index >= 15 is 0 Å². The monoisotopic (exact) mass is 253 g/mol. The van der Waals surface area contributed by atoms with Gasteiger partial charge in [-0.2, -0.15) is 5.26 Å². The van der Waals surface area contributed by atoms with Gasteiger partial charge in [0.25, 0.3) is 0 Å². The van der Waals surface area contributed by atoms with Crippen molar-refractivity contribution in [1.82, 2.24) is 5.32 Å². The summed E-state index contributed by atoms with van der Waals surface area (Å²) in [6.45, 7) is 6.92. The molecule has 0 spiro atoms. The number of hydrogen-bond acceptors (Lipinski definition) is 3. The molecule has 5 nitrogen and oxygen atoms in total. The lowest BCUT2D eigenvalue weighted by Crippen LogP contribution is -2.56. The normalized spacial score (nSPS) is 11.7. The molecule has 18 heavy (non-hydrogen) atoms. The maximum absolute atomic E-state index is 12.3. The summed E-state index contributed by atoms with van der Waals surface area (Å²) in [6, 6.07) is 2.11. The second-order valence-corrected chi connectivity index (χ2v) is 5.14. The number of nitrogens with one attached hydrogen (secondary N) is 1. The van der Waals surface area contributed by atoms with Gasteiger partial charge in [0, 0.05) is 0 Å². The Kier molecular flexibility index (Phi) is 5.83. The molecule has 0 atom stereocenters. The number of carbonyl (C=O) groups is 2. The van der Waals surface area contributed by atoms with Gasteiger partial charge in [-0.25, -0.2) is 0 Å². The van der Waals surface area contributed by atoms with Gasteiger partial charge in [-0.05, 0) is 26.7 Å². The first-order valence-electron chi connectivity index (χ1n) is 6.29. The predicted octanol–water partition coefficient (Wildman–Crippen LogP) is 1.48. The van der Waals surface area contributed by atoms with Crippen LogP contribution in [-0.2, 0) is 9.59 Å². The van der Waals surface area contributed by atoms with Crippen molar-refractivity contribution in [3.05, 3.63) is 0 Å². The predicted molar refractivity (Wildman–Crippen MR) is 69.3 cm³/mol. The van der Waals surface area contributed by atoms with Crippen molar-refractivity contribution in [3.8, 4) is 6.07 Å². The third-order valence-corrected chi connectivity index (χ3v) is 3.04. The lowest BCUT2D eigenvalue weighted by atomic mass is 9.79. The quantitative estimate of drug-likeness (QED) is 0.719. The molecule has 102 valence electrons. The van der Waals surface area contributed by atoms with E-state index in [0.717, 1.165) is 12.8 Å². The molecule has 0 bridgehead atoms. The number of amides is 2. The number of nitriles is 1. The Morgan fingerprint density at radius 3 is 1.94 bits per heavy atom. The van der Waals surface area contributed by atoms with E-state index < -0.39 is 22.8 Å². The Labute approximate surface area is 109 Å². The van der Waals surface area contributed by atoms with E-state index in [-0.39, 0.29) is 0 Å². The molecule has 0 heterocycles. The first kappa shape index (κ1) is 16.4. The fourth-order valence-electron chi connectivity index (χ4n) is 1.83. The molecule has 0 aliphatic carbocycles. The zero-order valence-corrected chi connectivity index (χ0v) is 11.7. The van der Waals surface area contributed by atoms with Gasteiger partial charge in [0.2, 0.25) is 11.8 Å². The Hall–Kier alpha value is -1.57. The van der Waals surface area contributed by atoms with E-state index in [2.05, 4.69) is 11.4 Å². The minimum Gasteiger partial charge on any atom is -0.368 e. The van der Waals surface area contributed by atoms with E-state index in [1.54, 1.807) is 0 Å². The molecule has 0 aromatic heterocycles. The van der Waals surface area contributed by atoms with Crippen LogP contribution in [0.4, 0.5) is 0 Å². The highest BCUT2D eigenvalue weighted by Gasteiger charge is 2.40. The van der Waals surface area contributed by atoms with E-state index in [1.807, 2.05) is 13.8 Å². The largest absolute Gasteiger partial charge is 0.368 e. The van der Waals surface area contributed by atoms with Crippen LogP contribution in [0.3, 0.4) is 0 Å². The van der Waals surface area contributed by atoms with Crippen molar-refractivity contribution < 1.29 is 9.59 Å². The zero-order valence-electron chi connectivity index (χ0n) is 11.7. The molecule has 0 aliphatic heterocycles. The highest BCUT2D eigenvalue weighted by molar-refractivity contribution is 5.93. The topological polar surface area (TPSA) is 96.0 Å². The number of nitrogens with two attached hydrogens (primary N) is 1. The van der Waals surface area contributed by atoms with Gasteiger partial charge in [-0.3, -0.25) is 9.59 Å². The number of primary amides is 1. The summed E-state index contributed by atoms with van der Waals surface area (Å²) in [6.07, 6.45) is 2.44. The van der Waals surface area contributed by atoms with E-state index in [0.29, 0.717) is 12.8 Å². The van der Waals surface area contributed by atoms with Crippen LogP contribution in [0.5, 0.6) is 0 Å². The molecular formula is C13H23N3O2.